The molecule has 0 rings (SSSR count). The fourth-order valence-electron chi connectivity index (χ4n) is 0.302. The van der Waals surface area contributed by atoms with Gasteiger partial charge in [-0.25, -0.2) is 0 Å². The average Bonchev–Trinajstić information content (AvgIpc) is 2.03. The third-order valence-electron chi connectivity index (χ3n) is 0.518. The second-order valence-electron chi connectivity index (χ2n) is 1.75. The van der Waals surface area contributed by atoms with Crippen LogP contribution in [0.5, 0.6) is 0 Å². The van der Waals surface area contributed by atoms with E-state index in [2.05, 4.69) is 8.85 Å². The fourth-order valence-corrected chi connectivity index (χ4v) is 0.907. The molecule has 0 aromatic heterocycles. The lowest BCUT2D eigenvalue weighted by atomic mass is 10.9. The minimum atomic E-state index is -4.83. The molecule has 10 nitrogen and oxygen atoms in total. The van der Waals surface area contributed by atoms with Crippen LogP contribution in [-0.2, 0) is 8.85 Å². The SMILES string of the molecule is CCO.CO.OC(O)O[Si](O)(O)OC(O)O. The van der Waals surface area contributed by atoms with Crippen LogP contribution in [0.1, 0.15) is 6.92 Å². The van der Waals surface area contributed by atoms with Gasteiger partial charge in [0, 0.05) is 13.7 Å². The third-order valence-corrected chi connectivity index (χ3v) is 1.55. The van der Waals surface area contributed by atoms with Crippen molar-refractivity contribution in [3.05, 3.63) is 0 Å². The molecule has 0 saturated heterocycles. The Labute approximate surface area is 92.7 Å². The summed E-state index contributed by atoms with van der Waals surface area (Å²) in [6.07, 6.45) is 0. The first-order chi connectivity index (χ1) is 7.25. The van der Waals surface area contributed by atoms with Crippen molar-refractivity contribution in [3.63, 3.8) is 0 Å². The van der Waals surface area contributed by atoms with Crippen LogP contribution in [-0.4, -0.2) is 75.9 Å². The molecule has 0 radical (unpaired) electrons. The zero-order chi connectivity index (χ0) is 13.8. The van der Waals surface area contributed by atoms with E-state index in [0.717, 1.165) is 7.11 Å². The number of aliphatic hydroxyl groups is 6. The molecule has 16 heavy (non-hydrogen) atoms. The molecule has 0 aromatic carbocycles. The van der Waals surface area contributed by atoms with E-state index in [0.29, 0.717) is 0 Å². The van der Waals surface area contributed by atoms with Crippen LogP contribution in [0.3, 0.4) is 0 Å². The molecular weight excluding hydrogens is 248 g/mol. The van der Waals surface area contributed by atoms with Crippen molar-refractivity contribution in [1.29, 1.82) is 0 Å². The Balaban J connectivity index is -0.000000289. The maximum Gasteiger partial charge on any atom is 0.681 e. The van der Waals surface area contributed by atoms with Crippen LogP contribution < -0.4 is 0 Å². The number of hydrogen-bond acceptors (Lipinski definition) is 10. The van der Waals surface area contributed by atoms with Crippen LogP contribution >= 0.6 is 0 Å². The summed E-state index contributed by atoms with van der Waals surface area (Å²) >= 11 is 0. The summed E-state index contributed by atoms with van der Waals surface area (Å²) < 4.78 is 7.13. The zero-order valence-electron chi connectivity index (χ0n) is 8.76. The molecule has 102 valence electrons. The van der Waals surface area contributed by atoms with E-state index in [1.807, 2.05) is 0 Å². The standard InChI is InChI=1S/C2H8O8Si.C2H6O.CH4O/c3-1(4)9-11(7,8)10-2(5)6;1-2-3;1-2/h1-8H;3H,2H2,1H3;2H,1H3. The van der Waals surface area contributed by atoms with Crippen molar-refractivity contribution in [2.75, 3.05) is 13.7 Å². The van der Waals surface area contributed by atoms with E-state index in [1.165, 1.54) is 0 Å². The number of hydrogen-bond donors (Lipinski definition) is 8. The van der Waals surface area contributed by atoms with E-state index >= 15 is 0 Å². The van der Waals surface area contributed by atoms with Crippen molar-refractivity contribution in [2.24, 2.45) is 0 Å². The summed E-state index contributed by atoms with van der Waals surface area (Å²) in [4.78, 5) is 16.9. The predicted octanol–water partition coefficient (Wildman–Crippen LogP) is -4.42. The predicted molar refractivity (Wildman–Crippen MR) is 49.7 cm³/mol. The quantitative estimate of drug-likeness (QED) is 0.183. The topological polar surface area (TPSA) is 180 Å². The van der Waals surface area contributed by atoms with Crippen molar-refractivity contribution >= 4 is 9.05 Å². The first kappa shape index (κ1) is 21.1. The van der Waals surface area contributed by atoms with Gasteiger partial charge >= 0.3 is 9.05 Å². The van der Waals surface area contributed by atoms with E-state index in [-0.39, 0.29) is 6.61 Å². The van der Waals surface area contributed by atoms with E-state index in [1.54, 1.807) is 6.92 Å². The summed E-state index contributed by atoms with van der Waals surface area (Å²) in [6.45, 7) is -2.97. The summed E-state index contributed by atoms with van der Waals surface area (Å²) in [7, 11) is -3.83. The lowest BCUT2D eigenvalue weighted by Crippen LogP contribution is -2.48. The number of rotatable bonds is 4. The van der Waals surface area contributed by atoms with Gasteiger partial charge in [-0.1, -0.05) is 0 Å². The molecule has 0 bridgehead atoms. The highest BCUT2D eigenvalue weighted by molar-refractivity contribution is 6.50. The highest BCUT2D eigenvalue weighted by Crippen LogP contribution is 2.01. The molecule has 0 heterocycles. The van der Waals surface area contributed by atoms with Crippen molar-refractivity contribution in [1.82, 2.24) is 0 Å². The second kappa shape index (κ2) is 12.9. The first-order valence-electron chi connectivity index (χ1n) is 3.83. The lowest BCUT2D eigenvalue weighted by Gasteiger charge is -2.18. The van der Waals surface area contributed by atoms with E-state index < -0.39 is 22.0 Å². The van der Waals surface area contributed by atoms with Crippen LogP contribution in [0.2, 0.25) is 0 Å². The Morgan fingerprint density at radius 2 is 1.12 bits per heavy atom. The van der Waals surface area contributed by atoms with Gasteiger partial charge in [0.1, 0.15) is 0 Å². The largest absolute Gasteiger partial charge is 0.681 e. The van der Waals surface area contributed by atoms with Gasteiger partial charge < -0.3 is 49.1 Å². The number of aliphatic hydroxyl groups excluding tert-OH is 4. The van der Waals surface area contributed by atoms with Gasteiger partial charge in [0.05, 0.1) is 0 Å². The molecule has 0 unspecified atom stereocenters. The van der Waals surface area contributed by atoms with Gasteiger partial charge in [-0.3, -0.25) is 0 Å². The molecule has 11 heteroatoms. The average molecular weight is 266 g/mol. The van der Waals surface area contributed by atoms with Gasteiger partial charge in [0.15, 0.2) is 0 Å². The second-order valence-corrected chi connectivity index (χ2v) is 3.32. The zero-order valence-corrected chi connectivity index (χ0v) is 9.76. The molecule has 8 N–H and O–H groups in total. The Hall–Kier alpha value is -0.183. The van der Waals surface area contributed by atoms with Crippen LogP contribution in [0.15, 0.2) is 0 Å². The maximum atomic E-state index is 8.47. The Morgan fingerprint density at radius 1 is 0.938 bits per heavy atom. The van der Waals surface area contributed by atoms with Crippen molar-refractivity contribution < 1.29 is 49.1 Å². The van der Waals surface area contributed by atoms with Crippen LogP contribution in [0, 0.1) is 0 Å². The molecule has 0 fully saturated rings. The summed E-state index contributed by atoms with van der Waals surface area (Å²) in [5.74, 6) is 0. The molecule has 0 aliphatic heterocycles. The first-order valence-corrected chi connectivity index (χ1v) is 5.54. The minimum Gasteiger partial charge on any atom is -0.400 e. The molecular formula is C5H18O10Si. The fraction of sp³-hybridized carbons (Fsp3) is 1.00. The summed E-state index contributed by atoms with van der Waals surface area (Å²) in [5, 5.41) is 46.6. The molecule has 0 saturated carbocycles. The van der Waals surface area contributed by atoms with Gasteiger partial charge in [-0.05, 0) is 6.92 Å². The molecule has 0 aliphatic rings. The van der Waals surface area contributed by atoms with Crippen LogP contribution in [0.25, 0.3) is 0 Å². The highest BCUT2D eigenvalue weighted by Gasteiger charge is 2.41. The monoisotopic (exact) mass is 266 g/mol. The van der Waals surface area contributed by atoms with Crippen LogP contribution in [0.4, 0.5) is 0 Å². The molecule has 0 atom stereocenters. The van der Waals surface area contributed by atoms with Crippen molar-refractivity contribution in [3.8, 4) is 0 Å². The summed E-state index contributed by atoms with van der Waals surface area (Å²) in [6, 6.07) is 0. The minimum absolute atomic E-state index is 0.250. The Bertz CT molecular complexity index is 116. The molecule has 0 spiro atoms. The third kappa shape index (κ3) is 23.6. The van der Waals surface area contributed by atoms with Gasteiger partial charge in [-0.15, -0.1) is 0 Å². The molecule has 0 amide bonds. The summed E-state index contributed by atoms with van der Waals surface area (Å²) in [5.41, 5.74) is 0. The van der Waals surface area contributed by atoms with E-state index in [9.17, 15) is 0 Å². The van der Waals surface area contributed by atoms with Gasteiger partial charge in [-0.2, -0.15) is 0 Å². The Morgan fingerprint density at radius 3 is 1.25 bits per heavy atom. The molecule has 0 aromatic rings. The van der Waals surface area contributed by atoms with Gasteiger partial charge in [0.2, 0.25) is 0 Å². The highest BCUT2D eigenvalue weighted by atomic mass is 28.4. The van der Waals surface area contributed by atoms with Crippen molar-refractivity contribution in [2.45, 2.75) is 19.9 Å². The van der Waals surface area contributed by atoms with E-state index in [4.69, 9.17) is 40.2 Å². The lowest BCUT2D eigenvalue weighted by molar-refractivity contribution is -0.259. The normalized spacial score (nSPS) is 10.5. The molecule has 0 aliphatic carbocycles. The van der Waals surface area contributed by atoms with Gasteiger partial charge in [0.25, 0.3) is 13.0 Å². The maximum absolute atomic E-state index is 8.47. The Kier molecular flexibility index (Phi) is 17.0. The smallest absolute Gasteiger partial charge is 0.400 e.